The summed E-state index contributed by atoms with van der Waals surface area (Å²) in [5, 5.41) is 14.0. The Morgan fingerprint density at radius 2 is 2.09 bits per heavy atom. The van der Waals surface area contributed by atoms with Gasteiger partial charge in [0.1, 0.15) is 28.6 Å². The van der Waals surface area contributed by atoms with Crippen molar-refractivity contribution >= 4 is 40.1 Å². The molecule has 0 aliphatic carbocycles. The van der Waals surface area contributed by atoms with Gasteiger partial charge < -0.3 is 25.3 Å². The van der Waals surface area contributed by atoms with Gasteiger partial charge in [-0.25, -0.2) is 9.78 Å². The van der Waals surface area contributed by atoms with Crippen LogP contribution in [0.2, 0.25) is 0 Å². The van der Waals surface area contributed by atoms with Crippen LogP contribution in [0.1, 0.15) is 24.6 Å². The first-order valence-corrected chi connectivity index (χ1v) is 10.5. The van der Waals surface area contributed by atoms with E-state index in [-0.39, 0.29) is 11.0 Å². The van der Waals surface area contributed by atoms with Crippen molar-refractivity contribution in [1.82, 2.24) is 10.3 Å². The molecule has 2 aromatic heterocycles. The van der Waals surface area contributed by atoms with Crippen LogP contribution in [0.4, 0.5) is 0 Å². The molecule has 0 saturated carbocycles. The molecule has 0 fully saturated rings. The maximum atomic E-state index is 13.0. The molecule has 3 rings (SSSR count). The summed E-state index contributed by atoms with van der Waals surface area (Å²) in [6.07, 6.45) is 1.31. The van der Waals surface area contributed by atoms with Gasteiger partial charge in [-0.3, -0.25) is 14.4 Å². The lowest BCUT2D eigenvalue weighted by atomic mass is 10.1. The number of nitrogens with one attached hydrogen (secondary N) is 1. The number of benzene rings is 1. The highest BCUT2D eigenvalue weighted by molar-refractivity contribution is 7.13. The smallest absolute Gasteiger partial charge is 0.326 e. The van der Waals surface area contributed by atoms with Gasteiger partial charge in [0.25, 0.3) is 5.91 Å². The lowest BCUT2D eigenvalue weighted by Crippen LogP contribution is -2.45. The number of aliphatic carboxylic acids is 1. The SMILES string of the molecule is CCc1cc2c(=O)c(-c3nc(C)cs3)coc2cc1OCC(=O)N[C@H](CC(N)=O)C(=O)O. The van der Waals surface area contributed by atoms with E-state index in [1.165, 1.54) is 23.7 Å². The number of primary amides is 1. The van der Waals surface area contributed by atoms with Gasteiger partial charge in [-0.1, -0.05) is 6.92 Å². The van der Waals surface area contributed by atoms with E-state index in [0.29, 0.717) is 33.7 Å². The van der Waals surface area contributed by atoms with Gasteiger partial charge in [0.15, 0.2) is 6.61 Å². The van der Waals surface area contributed by atoms with Crippen LogP contribution in [0.5, 0.6) is 5.75 Å². The van der Waals surface area contributed by atoms with Gasteiger partial charge in [-0.15, -0.1) is 11.3 Å². The van der Waals surface area contributed by atoms with Crippen molar-refractivity contribution in [1.29, 1.82) is 0 Å². The van der Waals surface area contributed by atoms with Crippen LogP contribution < -0.4 is 21.2 Å². The van der Waals surface area contributed by atoms with Crippen molar-refractivity contribution in [2.24, 2.45) is 5.73 Å². The Labute approximate surface area is 186 Å². The van der Waals surface area contributed by atoms with E-state index in [4.69, 9.17) is 20.0 Å². The van der Waals surface area contributed by atoms with E-state index in [9.17, 15) is 19.2 Å². The molecule has 168 valence electrons. The number of fused-ring (bicyclic) bond motifs is 1. The summed E-state index contributed by atoms with van der Waals surface area (Å²) in [6, 6.07) is 1.71. The Balaban J connectivity index is 1.83. The summed E-state index contributed by atoms with van der Waals surface area (Å²) in [5.74, 6) is -2.66. The third kappa shape index (κ3) is 5.11. The number of hydrogen-bond donors (Lipinski definition) is 3. The van der Waals surface area contributed by atoms with Crippen LogP contribution in [0.3, 0.4) is 0 Å². The zero-order valence-electron chi connectivity index (χ0n) is 17.3. The first kappa shape index (κ1) is 22.9. The maximum Gasteiger partial charge on any atom is 0.326 e. The first-order chi connectivity index (χ1) is 15.2. The van der Waals surface area contributed by atoms with Crippen LogP contribution in [0.15, 0.2) is 33.0 Å². The van der Waals surface area contributed by atoms with Crippen LogP contribution in [-0.2, 0) is 20.8 Å². The van der Waals surface area contributed by atoms with Gasteiger partial charge in [0.2, 0.25) is 11.3 Å². The van der Waals surface area contributed by atoms with Gasteiger partial charge in [0.05, 0.1) is 17.4 Å². The number of ether oxygens (including phenoxy) is 1. The summed E-state index contributed by atoms with van der Waals surface area (Å²) < 4.78 is 11.2. The number of carbonyl (C=O) groups is 3. The fourth-order valence-electron chi connectivity index (χ4n) is 3.02. The number of hydrogen-bond acceptors (Lipinski definition) is 8. The molecule has 0 aliphatic rings. The summed E-state index contributed by atoms with van der Waals surface area (Å²) in [6.45, 7) is 3.20. The lowest BCUT2D eigenvalue weighted by Gasteiger charge is -2.15. The van der Waals surface area contributed by atoms with E-state index in [1.54, 1.807) is 6.07 Å². The average Bonchev–Trinajstić information content (AvgIpc) is 3.17. The third-order valence-corrected chi connectivity index (χ3v) is 5.58. The number of thiazole rings is 1. The molecule has 0 saturated heterocycles. The van der Waals surface area contributed by atoms with E-state index in [2.05, 4.69) is 10.3 Å². The molecule has 11 heteroatoms. The Bertz CT molecular complexity index is 1250. The Morgan fingerprint density at radius 1 is 1.34 bits per heavy atom. The van der Waals surface area contributed by atoms with E-state index < -0.39 is 36.9 Å². The largest absolute Gasteiger partial charge is 0.483 e. The van der Waals surface area contributed by atoms with Crippen molar-refractivity contribution in [3.05, 3.63) is 45.3 Å². The number of rotatable bonds is 9. The second-order valence-corrected chi connectivity index (χ2v) is 7.86. The van der Waals surface area contributed by atoms with E-state index in [1.807, 2.05) is 19.2 Å². The Hall–Kier alpha value is -3.73. The molecule has 10 nitrogen and oxygen atoms in total. The van der Waals surface area contributed by atoms with Gasteiger partial charge in [-0.05, 0) is 25.0 Å². The molecule has 1 atom stereocenters. The maximum absolute atomic E-state index is 13.0. The molecular weight excluding hydrogens is 438 g/mol. The zero-order chi connectivity index (χ0) is 23.4. The number of carbonyl (C=O) groups excluding carboxylic acids is 2. The first-order valence-electron chi connectivity index (χ1n) is 9.63. The molecular formula is C21H21N3O7S. The van der Waals surface area contributed by atoms with E-state index in [0.717, 1.165) is 5.69 Å². The highest BCUT2D eigenvalue weighted by Crippen LogP contribution is 2.28. The molecule has 2 amide bonds. The van der Waals surface area contributed by atoms with Gasteiger partial charge in [0, 0.05) is 17.1 Å². The molecule has 32 heavy (non-hydrogen) atoms. The minimum absolute atomic E-state index is 0.227. The minimum Gasteiger partial charge on any atom is -0.483 e. The quantitative estimate of drug-likeness (QED) is 0.435. The molecule has 0 bridgehead atoms. The highest BCUT2D eigenvalue weighted by Gasteiger charge is 2.22. The topological polar surface area (TPSA) is 162 Å². The van der Waals surface area contributed by atoms with Crippen molar-refractivity contribution in [2.45, 2.75) is 32.7 Å². The molecule has 0 spiro atoms. The predicted octanol–water partition coefficient (Wildman–Crippen LogP) is 1.61. The number of aromatic nitrogens is 1. The van der Waals surface area contributed by atoms with E-state index >= 15 is 0 Å². The molecule has 4 N–H and O–H groups in total. The van der Waals surface area contributed by atoms with Crippen molar-refractivity contribution in [3.8, 4) is 16.3 Å². The van der Waals surface area contributed by atoms with Gasteiger partial charge in [-0.2, -0.15) is 0 Å². The number of carboxylic acids is 1. The van der Waals surface area contributed by atoms with Crippen LogP contribution in [-0.4, -0.2) is 40.5 Å². The fraction of sp³-hybridized carbons (Fsp3) is 0.286. The predicted molar refractivity (Wildman–Crippen MR) is 117 cm³/mol. The van der Waals surface area contributed by atoms with Crippen molar-refractivity contribution in [3.63, 3.8) is 0 Å². The second-order valence-electron chi connectivity index (χ2n) is 7.00. The van der Waals surface area contributed by atoms with Crippen LogP contribution >= 0.6 is 11.3 Å². The molecule has 2 heterocycles. The fourth-order valence-corrected chi connectivity index (χ4v) is 3.82. The molecule has 0 radical (unpaired) electrons. The zero-order valence-corrected chi connectivity index (χ0v) is 18.2. The number of carboxylic acid groups (broad SMARTS) is 1. The van der Waals surface area contributed by atoms with Crippen LogP contribution in [0, 0.1) is 6.92 Å². The lowest BCUT2D eigenvalue weighted by molar-refractivity contribution is -0.143. The Kier molecular flexibility index (Phi) is 6.89. The van der Waals surface area contributed by atoms with Crippen LogP contribution in [0.25, 0.3) is 21.5 Å². The van der Waals surface area contributed by atoms with Gasteiger partial charge >= 0.3 is 5.97 Å². The molecule has 0 aliphatic heterocycles. The molecule has 0 unspecified atom stereocenters. The summed E-state index contributed by atoms with van der Waals surface area (Å²) >= 11 is 1.35. The number of aryl methyl sites for hydroxylation is 2. The summed E-state index contributed by atoms with van der Waals surface area (Å²) in [5.41, 5.74) is 6.88. The molecule has 3 aromatic rings. The number of nitrogens with zero attached hydrogens (tertiary/aromatic N) is 1. The van der Waals surface area contributed by atoms with Crippen molar-refractivity contribution < 1.29 is 28.6 Å². The minimum atomic E-state index is -1.45. The monoisotopic (exact) mass is 459 g/mol. The van der Waals surface area contributed by atoms with Crippen molar-refractivity contribution in [2.75, 3.05) is 6.61 Å². The summed E-state index contributed by atoms with van der Waals surface area (Å²) in [7, 11) is 0. The number of amides is 2. The molecule has 1 aromatic carbocycles. The summed E-state index contributed by atoms with van der Waals surface area (Å²) in [4.78, 5) is 51.5. The number of nitrogens with two attached hydrogens (primary N) is 1. The highest BCUT2D eigenvalue weighted by atomic mass is 32.1. The normalized spacial score (nSPS) is 11.8. The third-order valence-electron chi connectivity index (χ3n) is 4.58. The second kappa shape index (κ2) is 9.60. The standard InChI is InChI=1S/C21H21N3O7S/c1-3-11-4-12-16(30-7-13(19(12)27)20-23-10(2)9-32-20)6-15(11)31-8-18(26)24-14(21(28)29)5-17(22)25/h4,6-7,9,14H,3,5,8H2,1-2H3,(H2,22,25)(H,24,26)(H,28,29)/t14-/m1/s1. The average molecular weight is 459 g/mol. The Morgan fingerprint density at radius 3 is 2.69 bits per heavy atom.